The predicted molar refractivity (Wildman–Crippen MR) is 78.6 cm³/mol. The maximum Gasteiger partial charge on any atom is 0.256 e. The second-order valence-electron chi connectivity index (χ2n) is 5.37. The molecule has 1 amide bonds. The molecule has 20 heavy (non-hydrogen) atoms. The molecule has 104 valence electrons. The van der Waals surface area contributed by atoms with Crippen molar-refractivity contribution in [3.63, 3.8) is 0 Å². The van der Waals surface area contributed by atoms with Crippen molar-refractivity contribution in [2.75, 3.05) is 11.9 Å². The van der Waals surface area contributed by atoms with E-state index in [2.05, 4.69) is 10.3 Å². The molecule has 1 aromatic heterocycles. The minimum atomic E-state index is -0.720. The highest BCUT2D eigenvalue weighted by Crippen LogP contribution is 2.28. The second-order valence-corrected chi connectivity index (χ2v) is 5.37. The Kier molecular flexibility index (Phi) is 3.40. The summed E-state index contributed by atoms with van der Waals surface area (Å²) in [7, 11) is 0. The summed E-state index contributed by atoms with van der Waals surface area (Å²) in [6.07, 6.45) is 4.57. The molecule has 3 rings (SSSR count). The van der Waals surface area contributed by atoms with Crippen LogP contribution in [0.3, 0.4) is 0 Å². The van der Waals surface area contributed by atoms with E-state index in [0.29, 0.717) is 6.61 Å². The lowest BCUT2D eigenvalue weighted by molar-refractivity contribution is -0.144. The molecule has 0 spiro atoms. The van der Waals surface area contributed by atoms with Crippen LogP contribution in [0.25, 0.3) is 10.9 Å². The number of nitrogens with zero attached hydrogens (tertiary/aromatic N) is 1. The van der Waals surface area contributed by atoms with Gasteiger partial charge in [0.15, 0.2) is 0 Å². The van der Waals surface area contributed by atoms with E-state index in [1.54, 1.807) is 6.20 Å². The van der Waals surface area contributed by atoms with E-state index in [9.17, 15) is 4.79 Å². The van der Waals surface area contributed by atoms with Gasteiger partial charge in [-0.15, -0.1) is 0 Å². The Balaban J connectivity index is 1.87. The Labute approximate surface area is 118 Å². The molecule has 1 N–H and O–H groups in total. The molecule has 0 radical (unpaired) electrons. The third-order valence-corrected chi connectivity index (χ3v) is 3.84. The first-order valence-electron chi connectivity index (χ1n) is 6.98. The number of benzene rings is 1. The summed E-state index contributed by atoms with van der Waals surface area (Å²) in [5.41, 5.74) is 0.943. The van der Waals surface area contributed by atoms with Crippen LogP contribution in [0.4, 0.5) is 5.69 Å². The molecule has 2 heterocycles. The molecule has 1 aliphatic rings. The number of carbonyl (C=O) groups excluding carboxylic acids is 1. The van der Waals surface area contributed by atoms with Crippen molar-refractivity contribution in [2.24, 2.45) is 0 Å². The van der Waals surface area contributed by atoms with Crippen LogP contribution in [-0.2, 0) is 9.53 Å². The topological polar surface area (TPSA) is 51.2 Å². The minimum Gasteiger partial charge on any atom is -0.365 e. The summed E-state index contributed by atoms with van der Waals surface area (Å²) in [4.78, 5) is 16.8. The molecule has 0 saturated carbocycles. The zero-order chi connectivity index (χ0) is 14.0. The number of amides is 1. The zero-order valence-corrected chi connectivity index (χ0v) is 11.6. The molecule has 1 atom stereocenters. The zero-order valence-electron chi connectivity index (χ0n) is 11.6. The van der Waals surface area contributed by atoms with Crippen LogP contribution >= 0.6 is 0 Å². The van der Waals surface area contributed by atoms with Crippen LogP contribution in [0.1, 0.15) is 26.2 Å². The normalized spacial score (nSPS) is 22.6. The number of pyridine rings is 1. The van der Waals surface area contributed by atoms with Crippen molar-refractivity contribution < 1.29 is 9.53 Å². The van der Waals surface area contributed by atoms with E-state index in [-0.39, 0.29) is 5.91 Å². The van der Waals surface area contributed by atoms with Gasteiger partial charge in [0.05, 0.1) is 11.2 Å². The summed E-state index contributed by atoms with van der Waals surface area (Å²) in [6.45, 7) is 2.52. The van der Waals surface area contributed by atoms with Gasteiger partial charge >= 0.3 is 0 Å². The van der Waals surface area contributed by atoms with Crippen LogP contribution in [0.2, 0.25) is 0 Å². The van der Waals surface area contributed by atoms with Crippen molar-refractivity contribution in [3.05, 3.63) is 36.5 Å². The van der Waals surface area contributed by atoms with Gasteiger partial charge in [0.25, 0.3) is 5.91 Å². The second kappa shape index (κ2) is 5.21. The lowest BCUT2D eigenvalue weighted by Gasteiger charge is -2.32. The van der Waals surface area contributed by atoms with Crippen LogP contribution in [0.15, 0.2) is 36.5 Å². The molecule has 1 saturated heterocycles. The van der Waals surface area contributed by atoms with Crippen LogP contribution in [0, 0.1) is 0 Å². The average molecular weight is 270 g/mol. The van der Waals surface area contributed by atoms with Crippen LogP contribution in [0.5, 0.6) is 0 Å². The van der Waals surface area contributed by atoms with Gasteiger partial charge in [-0.2, -0.15) is 0 Å². The molecule has 1 fully saturated rings. The van der Waals surface area contributed by atoms with E-state index < -0.39 is 5.60 Å². The van der Waals surface area contributed by atoms with Gasteiger partial charge in [-0.25, -0.2) is 0 Å². The summed E-state index contributed by atoms with van der Waals surface area (Å²) >= 11 is 0. The Hall–Kier alpha value is -1.94. The average Bonchev–Trinajstić information content (AvgIpc) is 2.48. The molecule has 4 nitrogen and oxygen atoms in total. The third-order valence-electron chi connectivity index (χ3n) is 3.84. The third kappa shape index (κ3) is 2.39. The molecule has 1 aromatic carbocycles. The standard InChI is InChI=1S/C16H18N2O2/c1-16(9-2-3-11-20-16)15(19)18-14-8-4-7-13-12(14)6-5-10-17-13/h4-8,10H,2-3,9,11H2,1H3,(H,18,19). The number of rotatable bonds is 2. The maximum absolute atomic E-state index is 12.5. The Morgan fingerprint density at radius 3 is 3.00 bits per heavy atom. The first kappa shape index (κ1) is 13.1. The Morgan fingerprint density at radius 1 is 1.30 bits per heavy atom. The van der Waals surface area contributed by atoms with Gasteiger partial charge in [0.2, 0.25) is 0 Å². The number of anilines is 1. The molecule has 2 aromatic rings. The van der Waals surface area contributed by atoms with Gasteiger partial charge in [-0.3, -0.25) is 9.78 Å². The van der Waals surface area contributed by atoms with Crippen molar-refractivity contribution in [2.45, 2.75) is 31.8 Å². The van der Waals surface area contributed by atoms with Crippen molar-refractivity contribution in [1.82, 2.24) is 4.98 Å². The number of hydrogen-bond acceptors (Lipinski definition) is 3. The molecule has 0 bridgehead atoms. The van der Waals surface area contributed by atoms with Crippen molar-refractivity contribution >= 4 is 22.5 Å². The SMILES string of the molecule is CC1(C(=O)Nc2cccc3ncccc23)CCCCO1. The highest BCUT2D eigenvalue weighted by atomic mass is 16.5. The fourth-order valence-electron chi connectivity index (χ4n) is 2.58. The first-order valence-corrected chi connectivity index (χ1v) is 6.98. The number of aromatic nitrogens is 1. The number of ether oxygens (including phenoxy) is 1. The molecule has 1 aliphatic heterocycles. The summed E-state index contributed by atoms with van der Waals surface area (Å²) in [5, 5.41) is 3.94. The van der Waals surface area contributed by atoms with Crippen molar-refractivity contribution in [1.29, 1.82) is 0 Å². The number of nitrogens with one attached hydrogen (secondary N) is 1. The van der Waals surface area contributed by atoms with Crippen molar-refractivity contribution in [3.8, 4) is 0 Å². The fraction of sp³-hybridized carbons (Fsp3) is 0.375. The molecular weight excluding hydrogens is 252 g/mol. The Bertz CT molecular complexity index is 628. The quantitative estimate of drug-likeness (QED) is 0.912. The molecule has 1 unspecified atom stereocenters. The van der Waals surface area contributed by atoms with E-state index in [0.717, 1.165) is 35.9 Å². The maximum atomic E-state index is 12.5. The van der Waals surface area contributed by atoms with Gasteiger partial charge in [-0.05, 0) is 50.5 Å². The molecular formula is C16H18N2O2. The fourth-order valence-corrected chi connectivity index (χ4v) is 2.58. The lowest BCUT2D eigenvalue weighted by atomic mass is 9.95. The number of hydrogen-bond donors (Lipinski definition) is 1. The van der Waals surface area contributed by atoms with Crippen LogP contribution < -0.4 is 5.32 Å². The summed E-state index contributed by atoms with van der Waals surface area (Å²) in [5.74, 6) is -0.0754. The van der Waals surface area contributed by atoms with E-state index in [1.165, 1.54) is 0 Å². The van der Waals surface area contributed by atoms with Gasteiger partial charge in [0.1, 0.15) is 5.60 Å². The molecule has 4 heteroatoms. The van der Waals surface area contributed by atoms with E-state index in [1.807, 2.05) is 37.3 Å². The monoisotopic (exact) mass is 270 g/mol. The lowest BCUT2D eigenvalue weighted by Crippen LogP contribution is -2.45. The van der Waals surface area contributed by atoms with Crippen LogP contribution in [-0.4, -0.2) is 23.1 Å². The number of carbonyl (C=O) groups is 1. The number of fused-ring (bicyclic) bond motifs is 1. The first-order chi connectivity index (χ1) is 9.69. The smallest absolute Gasteiger partial charge is 0.256 e. The van der Waals surface area contributed by atoms with Gasteiger partial charge in [-0.1, -0.05) is 6.07 Å². The van der Waals surface area contributed by atoms with Gasteiger partial charge in [0, 0.05) is 18.2 Å². The summed E-state index contributed by atoms with van der Waals surface area (Å²) < 4.78 is 5.68. The molecule has 0 aliphatic carbocycles. The van der Waals surface area contributed by atoms with Gasteiger partial charge < -0.3 is 10.1 Å². The highest BCUT2D eigenvalue weighted by Gasteiger charge is 2.36. The minimum absolute atomic E-state index is 0.0754. The van der Waals surface area contributed by atoms with E-state index in [4.69, 9.17) is 4.74 Å². The largest absolute Gasteiger partial charge is 0.365 e. The highest BCUT2D eigenvalue weighted by molar-refractivity contribution is 6.04. The summed E-state index contributed by atoms with van der Waals surface area (Å²) in [6, 6.07) is 9.56. The Morgan fingerprint density at radius 2 is 2.20 bits per heavy atom. The predicted octanol–water partition coefficient (Wildman–Crippen LogP) is 3.13. The van der Waals surface area contributed by atoms with E-state index >= 15 is 0 Å².